The van der Waals surface area contributed by atoms with Crippen molar-refractivity contribution >= 4 is 11.5 Å². The van der Waals surface area contributed by atoms with Gasteiger partial charge in [0.1, 0.15) is 0 Å². The molecule has 0 spiro atoms. The molecule has 0 aliphatic carbocycles. The van der Waals surface area contributed by atoms with Gasteiger partial charge in [-0.3, -0.25) is 4.98 Å². The van der Waals surface area contributed by atoms with Crippen LogP contribution in [0.5, 0.6) is 0 Å². The molecule has 1 atom stereocenters. The number of hydrogen-bond donors (Lipinski definition) is 1. The summed E-state index contributed by atoms with van der Waals surface area (Å²) in [4.78, 5) is 13.2. The van der Waals surface area contributed by atoms with Gasteiger partial charge in [0.25, 0.3) is 5.78 Å². The van der Waals surface area contributed by atoms with Crippen molar-refractivity contribution in [2.24, 2.45) is 0 Å². The Hall–Kier alpha value is -3.28. The van der Waals surface area contributed by atoms with Crippen molar-refractivity contribution in [2.75, 3.05) is 5.32 Å². The van der Waals surface area contributed by atoms with Crippen LogP contribution in [-0.4, -0.2) is 30.1 Å². The third-order valence-corrected chi connectivity index (χ3v) is 5.65. The van der Waals surface area contributed by atoms with Gasteiger partial charge < -0.3 is 5.32 Å². The Balaban J connectivity index is 1.67. The van der Waals surface area contributed by atoms with Crippen molar-refractivity contribution in [1.82, 2.24) is 24.6 Å². The first-order chi connectivity index (χ1) is 13.9. The minimum Gasteiger partial charge on any atom is -0.380 e. The highest BCUT2D eigenvalue weighted by Gasteiger charge is 2.30. The van der Waals surface area contributed by atoms with Crippen LogP contribution >= 0.6 is 0 Å². The number of aryl methyl sites for hydroxylation is 1. The number of rotatable bonds is 2. The molecule has 6 heteroatoms. The van der Waals surface area contributed by atoms with E-state index in [-0.39, 0.29) is 5.54 Å². The highest BCUT2D eigenvalue weighted by Crippen LogP contribution is 2.41. The molecular formula is C23H24N6. The fourth-order valence-electron chi connectivity index (χ4n) is 4.42. The Morgan fingerprint density at radius 2 is 2.03 bits per heavy atom. The Bertz CT molecular complexity index is 1210. The average molecular weight is 384 g/mol. The van der Waals surface area contributed by atoms with Gasteiger partial charge in [-0.05, 0) is 74.6 Å². The SMILES string of the molecule is Cc1cc2c(cc1-c1ccnc3nc(-c4cccnc4)nn13)C(C)CC(C)(C)N2. The van der Waals surface area contributed by atoms with Gasteiger partial charge in [0, 0.05) is 40.9 Å². The zero-order valence-electron chi connectivity index (χ0n) is 17.1. The molecule has 0 fully saturated rings. The van der Waals surface area contributed by atoms with Gasteiger partial charge >= 0.3 is 0 Å². The molecule has 29 heavy (non-hydrogen) atoms. The molecule has 4 aromatic rings. The summed E-state index contributed by atoms with van der Waals surface area (Å²) < 4.78 is 1.84. The Labute approximate surface area is 170 Å². The van der Waals surface area contributed by atoms with E-state index in [2.05, 4.69) is 60.1 Å². The summed E-state index contributed by atoms with van der Waals surface area (Å²) in [5.74, 6) is 1.70. The number of nitrogens with zero attached hydrogens (tertiary/aromatic N) is 5. The summed E-state index contributed by atoms with van der Waals surface area (Å²) in [5, 5.41) is 8.44. The second kappa shape index (κ2) is 6.37. The molecule has 0 bridgehead atoms. The van der Waals surface area contributed by atoms with Gasteiger partial charge in [-0.15, -0.1) is 5.10 Å². The summed E-state index contributed by atoms with van der Waals surface area (Å²) in [6.07, 6.45) is 6.42. The quantitative estimate of drug-likeness (QED) is 0.534. The summed E-state index contributed by atoms with van der Waals surface area (Å²) in [7, 11) is 0. The van der Waals surface area contributed by atoms with E-state index in [1.807, 2.05) is 22.7 Å². The number of fused-ring (bicyclic) bond motifs is 2. The van der Waals surface area contributed by atoms with Crippen molar-refractivity contribution in [3.63, 3.8) is 0 Å². The van der Waals surface area contributed by atoms with Gasteiger partial charge in [0.15, 0.2) is 5.82 Å². The monoisotopic (exact) mass is 384 g/mol. The number of benzene rings is 1. The van der Waals surface area contributed by atoms with E-state index in [9.17, 15) is 0 Å². The third kappa shape index (κ3) is 3.05. The largest absolute Gasteiger partial charge is 0.380 e. The first-order valence-corrected chi connectivity index (χ1v) is 9.96. The summed E-state index contributed by atoms with van der Waals surface area (Å²) in [6.45, 7) is 8.97. The Morgan fingerprint density at radius 1 is 1.17 bits per heavy atom. The second-order valence-corrected chi connectivity index (χ2v) is 8.59. The lowest BCUT2D eigenvalue weighted by molar-refractivity contribution is 0.454. The molecule has 0 amide bonds. The van der Waals surface area contributed by atoms with Gasteiger partial charge in [-0.2, -0.15) is 9.50 Å². The van der Waals surface area contributed by atoms with Crippen LogP contribution in [0.3, 0.4) is 0 Å². The molecule has 0 radical (unpaired) electrons. The maximum absolute atomic E-state index is 4.74. The van der Waals surface area contributed by atoms with E-state index in [1.165, 1.54) is 16.8 Å². The van der Waals surface area contributed by atoms with Crippen LogP contribution in [0.1, 0.15) is 44.2 Å². The van der Waals surface area contributed by atoms with Crippen LogP contribution in [0, 0.1) is 6.92 Å². The first-order valence-electron chi connectivity index (χ1n) is 9.96. The fraction of sp³-hybridized carbons (Fsp3) is 0.304. The summed E-state index contributed by atoms with van der Waals surface area (Å²) >= 11 is 0. The topological polar surface area (TPSA) is 68.0 Å². The summed E-state index contributed by atoms with van der Waals surface area (Å²) in [5.41, 5.74) is 6.92. The third-order valence-electron chi connectivity index (χ3n) is 5.65. The maximum atomic E-state index is 4.74. The van der Waals surface area contributed by atoms with E-state index in [0.29, 0.717) is 17.5 Å². The number of anilines is 1. The number of nitrogens with one attached hydrogen (secondary N) is 1. The van der Waals surface area contributed by atoms with E-state index in [0.717, 1.165) is 23.2 Å². The Morgan fingerprint density at radius 3 is 2.83 bits per heavy atom. The van der Waals surface area contributed by atoms with Crippen molar-refractivity contribution in [2.45, 2.75) is 45.6 Å². The highest BCUT2D eigenvalue weighted by molar-refractivity contribution is 5.73. The number of pyridine rings is 1. The van der Waals surface area contributed by atoms with Gasteiger partial charge in [-0.1, -0.05) is 6.92 Å². The lowest BCUT2D eigenvalue weighted by atomic mass is 9.80. The van der Waals surface area contributed by atoms with Crippen LogP contribution in [0.2, 0.25) is 0 Å². The van der Waals surface area contributed by atoms with Crippen molar-refractivity contribution in [3.05, 3.63) is 60.0 Å². The van der Waals surface area contributed by atoms with Crippen LogP contribution in [-0.2, 0) is 0 Å². The van der Waals surface area contributed by atoms with E-state index in [4.69, 9.17) is 5.10 Å². The van der Waals surface area contributed by atoms with E-state index >= 15 is 0 Å². The standard InChI is InChI=1S/C23H24N6/c1-14-10-19-17(15(2)12-23(3,4)27-19)11-18(14)20-7-9-25-22-26-21(28-29(20)22)16-6-5-8-24-13-16/h5-11,13,15,27H,12H2,1-4H3. The van der Waals surface area contributed by atoms with Gasteiger partial charge in [-0.25, -0.2) is 4.98 Å². The lowest BCUT2D eigenvalue weighted by Crippen LogP contribution is -2.36. The lowest BCUT2D eigenvalue weighted by Gasteiger charge is -2.38. The summed E-state index contributed by atoms with van der Waals surface area (Å²) in [6, 6.07) is 10.4. The normalized spacial score (nSPS) is 17.7. The average Bonchev–Trinajstić information content (AvgIpc) is 3.12. The zero-order valence-corrected chi connectivity index (χ0v) is 17.1. The smallest absolute Gasteiger partial charge is 0.253 e. The number of hydrogen-bond acceptors (Lipinski definition) is 5. The van der Waals surface area contributed by atoms with Crippen LogP contribution in [0.15, 0.2) is 48.9 Å². The number of aromatic nitrogens is 5. The molecule has 1 aliphatic rings. The molecule has 0 saturated carbocycles. The molecule has 1 unspecified atom stereocenters. The predicted molar refractivity (Wildman–Crippen MR) is 115 cm³/mol. The van der Waals surface area contributed by atoms with Crippen LogP contribution < -0.4 is 5.32 Å². The molecule has 0 saturated heterocycles. The maximum Gasteiger partial charge on any atom is 0.253 e. The zero-order chi connectivity index (χ0) is 20.2. The second-order valence-electron chi connectivity index (χ2n) is 8.59. The molecule has 146 valence electrons. The van der Waals surface area contributed by atoms with Crippen LogP contribution in [0.25, 0.3) is 28.4 Å². The molecule has 5 rings (SSSR count). The Kier molecular flexibility index (Phi) is 3.91. The van der Waals surface area contributed by atoms with E-state index in [1.54, 1.807) is 18.6 Å². The molecule has 6 nitrogen and oxygen atoms in total. The van der Waals surface area contributed by atoms with Crippen molar-refractivity contribution in [3.8, 4) is 22.6 Å². The van der Waals surface area contributed by atoms with Gasteiger partial charge in [0.05, 0.1) is 5.69 Å². The van der Waals surface area contributed by atoms with Gasteiger partial charge in [0.2, 0.25) is 0 Å². The molecule has 1 aliphatic heterocycles. The first kappa shape index (κ1) is 17.8. The molecule has 4 heterocycles. The minimum absolute atomic E-state index is 0.106. The van der Waals surface area contributed by atoms with Crippen molar-refractivity contribution in [1.29, 1.82) is 0 Å². The fourth-order valence-corrected chi connectivity index (χ4v) is 4.42. The molecular weight excluding hydrogens is 360 g/mol. The van der Waals surface area contributed by atoms with Crippen LogP contribution in [0.4, 0.5) is 5.69 Å². The predicted octanol–water partition coefficient (Wildman–Crippen LogP) is 4.86. The molecule has 1 aromatic carbocycles. The minimum atomic E-state index is 0.106. The van der Waals surface area contributed by atoms with E-state index < -0.39 is 0 Å². The molecule has 1 N–H and O–H groups in total. The highest BCUT2D eigenvalue weighted by atomic mass is 15.3. The van der Waals surface area contributed by atoms with Crippen molar-refractivity contribution < 1.29 is 0 Å². The molecule has 3 aromatic heterocycles.